The first kappa shape index (κ1) is 10.5. The third-order valence-corrected chi connectivity index (χ3v) is 3.80. The summed E-state index contributed by atoms with van der Waals surface area (Å²) in [6.07, 6.45) is 0. The molecule has 13 heavy (non-hydrogen) atoms. The lowest BCUT2D eigenvalue weighted by Gasteiger charge is -2.03. The summed E-state index contributed by atoms with van der Waals surface area (Å²) in [6.45, 7) is 0.105. The number of hydrogen-bond acceptors (Lipinski definition) is 3. The van der Waals surface area contributed by atoms with Crippen molar-refractivity contribution < 1.29 is 8.42 Å². The topological polar surface area (TPSA) is 60.2 Å². The number of sulfone groups is 1. The van der Waals surface area contributed by atoms with Crippen molar-refractivity contribution in [3.05, 3.63) is 29.3 Å². The second-order valence-corrected chi connectivity index (χ2v) is 5.02. The van der Waals surface area contributed by atoms with Crippen LogP contribution >= 0.6 is 11.6 Å². The van der Waals surface area contributed by atoms with Gasteiger partial charge in [0.1, 0.15) is 0 Å². The largest absolute Gasteiger partial charge is 0.329 e. The quantitative estimate of drug-likeness (QED) is 0.828. The Bertz CT molecular complexity index is 389. The van der Waals surface area contributed by atoms with Crippen molar-refractivity contribution >= 4 is 21.4 Å². The zero-order valence-electron chi connectivity index (χ0n) is 6.90. The fourth-order valence-corrected chi connectivity index (χ4v) is 2.63. The first-order chi connectivity index (χ1) is 6.08. The molecule has 0 aliphatic carbocycles. The standard InChI is InChI=1S/C8H10ClNO2S/c9-7-3-1-2-4-8(7)13(11,12)6-5-10/h1-4H,5-6,10H2. The van der Waals surface area contributed by atoms with Gasteiger partial charge < -0.3 is 5.73 Å². The van der Waals surface area contributed by atoms with Crippen molar-refractivity contribution in [2.75, 3.05) is 12.3 Å². The van der Waals surface area contributed by atoms with E-state index in [-0.39, 0.29) is 22.2 Å². The summed E-state index contributed by atoms with van der Waals surface area (Å²) in [5, 5.41) is 0.246. The summed E-state index contributed by atoms with van der Waals surface area (Å²) in [6, 6.07) is 6.34. The number of halogens is 1. The summed E-state index contributed by atoms with van der Waals surface area (Å²) in [5.41, 5.74) is 5.18. The molecule has 0 unspecified atom stereocenters. The van der Waals surface area contributed by atoms with Crippen LogP contribution in [0.2, 0.25) is 5.02 Å². The molecular formula is C8H10ClNO2S. The zero-order valence-corrected chi connectivity index (χ0v) is 8.48. The van der Waals surface area contributed by atoms with E-state index in [0.717, 1.165) is 0 Å². The van der Waals surface area contributed by atoms with Gasteiger partial charge in [0.25, 0.3) is 0 Å². The average Bonchev–Trinajstić information content (AvgIpc) is 2.04. The van der Waals surface area contributed by atoms with E-state index in [1.807, 2.05) is 0 Å². The highest BCUT2D eigenvalue weighted by Gasteiger charge is 2.15. The minimum atomic E-state index is -3.30. The van der Waals surface area contributed by atoms with Gasteiger partial charge in [-0.1, -0.05) is 23.7 Å². The third-order valence-electron chi connectivity index (χ3n) is 1.56. The highest BCUT2D eigenvalue weighted by molar-refractivity contribution is 7.91. The highest BCUT2D eigenvalue weighted by atomic mass is 35.5. The Kier molecular flexibility index (Phi) is 3.30. The summed E-state index contributed by atoms with van der Waals surface area (Å²) in [5.74, 6) is -0.0727. The van der Waals surface area contributed by atoms with Crippen molar-refractivity contribution in [2.24, 2.45) is 5.73 Å². The Morgan fingerprint density at radius 1 is 1.31 bits per heavy atom. The maximum Gasteiger partial charge on any atom is 0.181 e. The smallest absolute Gasteiger partial charge is 0.181 e. The van der Waals surface area contributed by atoms with Crippen LogP contribution < -0.4 is 5.73 Å². The molecule has 0 bridgehead atoms. The van der Waals surface area contributed by atoms with Gasteiger partial charge in [0.15, 0.2) is 9.84 Å². The van der Waals surface area contributed by atoms with Gasteiger partial charge >= 0.3 is 0 Å². The Morgan fingerprint density at radius 3 is 2.46 bits per heavy atom. The SMILES string of the molecule is NCCS(=O)(=O)c1ccccc1Cl. The van der Waals surface area contributed by atoms with Crippen LogP contribution in [0.25, 0.3) is 0 Å². The Labute approximate surface area is 82.4 Å². The molecule has 1 aromatic rings. The van der Waals surface area contributed by atoms with E-state index >= 15 is 0 Å². The molecule has 0 amide bonds. The van der Waals surface area contributed by atoms with Gasteiger partial charge in [-0.3, -0.25) is 0 Å². The normalized spacial score (nSPS) is 11.5. The fraction of sp³-hybridized carbons (Fsp3) is 0.250. The molecule has 0 atom stereocenters. The van der Waals surface area contributed by atoms with Crippen LogP contribution in [0.15, 0.2) is 29.2 Å². The van der Waals surface area contributed by atoms with Gasteiger partial charge in [-0.25, -0.2) is 8.42 Å². The van der Waals surface area contributed by atoms with E-state index in [2.05, 4.69) is 0 Å². The van der Waals surface area contributed by atoms with Gasteiger partial charge in [0, 0.05) is 6.54 Å². The van der Waals surface area contributed by atoms with Gasteiger partial charge in [-0.05, 0) is 12.1 Å². The first-order valence-electron chi connectivity index (χ1n) is 3.75. The van der Waals surface area contributed by atoms with Gasteiger partial charge in [0.2, 0.25) is 0 Å². The van der Waals surface area contributed by atoms with E-state index in [0.29, 0.717) is 0 Å². The molecule has 1 aromatic carbocycles. The van der Waals surface area contributed by atoms with Crippen LogP contribution in [0.4, 0.5) is 0 Å². The Morgan fingerprint density at radius 2 is 1.92 bits per heavy atom. The van der Waals surface area contributed by atoms with Crippen molar-refractivity contribution in [1.82, 2.24) is 0 Å². The molecule has 0 saturated carbocycles. The van der Waals surface area contributed by atoms with Crippen LogP contribution in [-0.2, 0) is 9.84 Å². The average molecular weight is 220 g/mol. The second-order valence-electron chi connectivity index (χ2n) is 2.54. The molecule has 5 heteroatoms. The van der Waals surface area contributed by atoms with Crippen LogP contribution in [-0.4, -0.2) is 20.7 Å². The molecular weight excluding hydrogens is 210 g/mol. The molecule has 0 aliphatic rings. The van der Waals surface area contributed by atoms with E-state index in [4.69, 9.17) is 17.3 Å². The summed E-state index contributed by atoms with van der Waals surface area (Å²) in [7, 11) is -3.30. The number of benzene rings is 1. The molecule has 0 aromatic heterocycles. The number of hydrogen-bond donors (Lipinski definition) is 1. The first-order valence-corrected chi connectivity index (χ1v) is 5.78. The van der Waals surface area contributed by atoms with Gasteiger partial charge in [0.05, 0.1) is 15.7 Å². The molecule has 0 spiro atoms. The van der Waals surface area contributed by atoms with Crippen LogP contribution in [0.5, 0.6) is 0 Å². The molecule has 3 nitrogen and oxygen atoms in total. The lowest BCUT2D eigenvalue weighted by Crippen LogP contribution is -2.15. The summed E-state index contributed by atoms with van der Waals surface area (Å²) >= 11 is 5.72. The van der Waals surface area contributed by atoms with E-state index in [1.165, 1.54) is 6.07 Å². The minimum absolute atomic E-state index is 0.0727. The van der Waals surface area contributed by atoms with Gasteiger partial charge in [-0.15, -0.1) is 0 Å². The van der Waals surface area contributed by atoms with E-state index in [1.54, 1.807) is 18.2 Å². The Hall–Kier alpha value is -0.580. The van der Waals surface area contributed by atoms with Gasteiger partial charge in [-0.2, -0.15) is 0 Å². The van der Waals surface area contributed by atoms with Crippen molar-refractivity contribution in [3.8, 4) is 0 Å². The molecule has 2 N–H and O–H groups in total. The molecule has 0 fully saturated rings. The van der Waals surface area contributed by atoms with Crippen molar-refractivity contribution in [2.45, 2.75) is 4.90 Å². The second kappa shape index (κ2) is 4.09. The van der Waals surface area contributed by atoms with E-state index < -0.39 is 9.84 Å². The van der Waals surface area contributed by atoms with E-state index in [9.17, 15) is 8.42 Å². The van der Waals surface area contributed by atoms with Crippen LogP contribution in [0, 0.1) is 0 Å². The Balaban J connectivity index is 3.15. The lowest BCUT2D eigenvalue weighted by atomic mass is 10.4. The zero-order chi connectivity index (χ0) is 9.90. The lowest BCUT2D eigenvalue weighted by molar-refractivity contribution is 0.596. The molecule has 0 radical (unpaired) electrons. The maximum atomic E-state index is 11.5. The minimum Gasteiger partial charge on any atom is -0.329 e. The number of rotatable bonds is 3. The predicted molar refractivity (Wildman–Crippen MR) is 52.6 cm³/mol. The molecule has 0 heterocycles. The molecule has 0 saturated heterocycles. The molecule has 0 aliphatic heterocycles. The van der Waals surface area contributed by atoms with Crippen molar-refractivity contribution in [1.29, 1.82) is 0 Å². The third kappa shape index (κ3) is 2.43. The fourth-order valence-electron chi connectivity index (χ4n) is 0.962. The maximum absolute atomic E-state index is 11.5. The summed E-state index contributed by atoms with van der Waals surface area (Å²) in [4.78, 5) is 0.155. The van der Waals surface area contributed by atoms with Crippen molar-refractivity contribution in [3.63, 3.8) is 0 Å². The highest BCUT2D eigenvalue weighted by Crippen LogP contribution is 2.21. The summed E-state index contributed by atoms with van der Waals surface area (Å²) < 4.78 is 23.0. The molecule has 72 valence electrons. The van der Waals surface area contributed by atoms with Crippen LogP contribution in [0.1, 0.15) is 0 Å². The predicted octanol–water partition coefficient (Wildman–Crippen LogP) is 1.07. The number of nitrogens with two attached hydrogens (primary N) is 1. The molecule has 1 rings (SSSR count). The monoisotopic (exact) mass is 219 g/mol. The van der Waals surface area contributed by atoms with Crippen LogP contribution in [0.3, 0.4) is 0 Å².